The predicted octanol–water partition coefficient (Wildman–Crippen LogP) is 3.23. The number of hydrogen-bond donors (Lipinski definition) is 1. The third-order valence-corrected chi connectivity index (χ3v) is 3.11. The van der Waals surface area contributed by atoms with Crippen molar-refractivity contribution in [1.82, 2.24) is 0 Å². The largest absolute Gasteiger partial charge is 0.465 e. The van der Waals surface area contributed by atoms with E-state index in [-0.39, 0.29) is 5.97 Å². The molecule has 0 radical (unpaired) electrons. The lowest BCUT2D eigenvalue weighted by Gasteiger charge is -2.08. The standard InChI is InChI=1S/C17H19NO3/c1-20-12-14-8-6-13(7-9-14)11-18-16-5-3-4-15(10-16)17(19)21-2/h3-10,18H,11-12H2,1-2H3. The Hall–Kier alpha value is -2.33. The van der Waals surface area contributed by atoms with Gasteiger partial charge in [0.15, 0.2) is 0 Å². The van der Waals surface area contributed by atoms with E-state index in [1.54, 1.807) is 19.2 Å². The summed E-state index contributed by atoms with van der Waals surface area (Å²) in [5, 5.41) is 3.29. The molecule has 2 aromatic carbocycles. The first-order valence-electron chi connectivity index (χ1n) is 6.72. The van der Waals surface area contributed by atoms with Gasteiger partial charge in [-0.25, -0.2) is 4.79 Å². The first-order valence-corrected chi connectivity index (χ1v) is 6.72. The highest BCUT2D eigenvalue weighted by Crippen LogP contribution is 2.13. The fourth-order valence-corrected chi connectivity index (χ4v) is 2.00. The molecule has 0 saturated carbocycles. The van der Waals surface area contributed by atoms with Gasteiger partial charge in [-0.1, -0.05) is 30.3 Å². The minimum atomic E-state index is -0.331. The monoisotopic (exact) mass is 285 g/mol. The van der Waals surface area contributed by atoms with Crippen LogP contribution in [0.2, 0.25) is 0 Å². The number of methoxy groups -OCH3 is 2. The Balaban J connectivity index is 1.97. The van der Waals surface area contributed by atoms with Gasteiger partial charge in [0, 0.05) is 19.3 Å². The van der Waals surface area contributed by atoms with Gasteiger partial charge in [-0.05, 0) is 29.3 Å². The van der Waals surface area contributed by atoms with Crippen molar-refractivity contribution in [2.24, 2.45) is 0 Å². The van der Waals surface area contributed by atoms with Crippen molar-refractivity contribution in [1.29, 1.82) is 0 Å². The lowest BCUT2D eigenvalue weighted by molar-refractivity contribution is 0.0601. The number of carbonyl (C=O) groups excluding carboxylic acids is 1. The molecule has 0 heterocycles. The molecule has 0 aliphatic rings. The van der Waals surface area contributed by atoms with Gasteiger partial charge >= 0.3 is 5.97 Å². The summed E-state index contributed by atoms with van der Waals surface area (Å²) >= 11 is 0. The summed E-state index contributed by atoms with van der Waals surface area (Å²) in [6.07, 6.45) is 0. The smallest absolute Gasteiger partial charge is 0.337 e. The molecule has 110 valence electrons. The fourth-order valence-electron chi connectivity index (χ4n) is 2.00. The third-order valence-electron chi connectivity index (χ3n) is 3.11. The first-order chi connectivity index (χ1) is 10.2. The van der Waals surface area contributed by atoms with Crippen molar-refractivity contribution in [2.75, 3.05) is 19.5 Å². The molecule has 1 N–H and O–H groups in total. The van der Waals surface area contributed by atoms with Crippen molar-refractivity contribution in [3.8, 4) is 0 Å². The minimum Gasteiger partial charge on any atom is -0.465 e. The number of esters is 1. The quantitative estimate of drug-likeness (QED) is 0.828. The Morgan fingerprint density at radius 2 is 1.76 bits per heavy atom. The molecule has 0 fully saturated rings. The highest BCUT2D eigenvalue weighted by Gasteiger charge is 2.05. The van der Waals surface area contributed by atoms with Crippen LogP contribution < -0.4 is 5.32 Å². The highest BCUT2D eigenvalue weighted by atomic mass is 16.5. The van der Waals surface area contributed by atoms with Crippen LogP contribution >= 0.6 is 0 Å². The lowest BCUT2D eigenvalue weighted by atomic mass is 10.1. The predicted molar refractivity (Wildman–Crippen MR) is 82.3 cm³/mol. The second-order valence-electron chi connectivity index (χ2n) is 4.68. The maximum Gasteiger partial charge on any atom is 0.337 e. The van der Waals surface area contributed by atoms with Gasteiger partial charge < -0.3 is 14.8 Å². The van der Waals surface area contributed by atoms with E-state index >= 15 is 0 Å². The lowest BCUT2D eigenvalue weighted by Crippen LogP contribution is -2.04. The van der Waals surface area contributed by atoms with Crippen molar-refractivity contribution in [3.05, 3.63) is 65.2 Å². The summed E-state index contributed by atoms with van der Waals surface area (Å²) in [5.41, 5.74) is 3.74. The van der Waals surface area contributed by atoms with Crippen molar-refractivity contribution in [2.45, 2.75) is 13.2 Å². The van der Waals surface area contributed by atoms with E-state index < -0.39 is 0 Å². The Morgan fingerprint density at radius 1 is 1.05 bits per heavy atom. The summed E-state index contributed by atoms with van der Waals surface area (Å²) in [6.45, 7) is 1.31. The highest BCUT2D eigenvalue weighted by molar-refractivity contribution is 5.90. The van der Waals surface area contributed by atoms with Crippen LogP contribution in [0.25, 0.3) is 0 Å². The SMILES string of the molecule is COCc1ccc(CNc2cccc(C(=O)OC)c2)cc1. The Kier molecular flexibility index (Phi) is 5.35. The second-order valence-corrected chi connectivity index (χ2v) is 4.68. The molecule has 4 heteroatoms. The molecule has 0 atom stereocenters. The van der Waals surface area contributed by atoms with Crippen LogP contribution in [0, 0.1) is 0 Å². The van der Waals surface area contributed by atoms with Crippen LogP contribution in [0.3, 0.4) is 0 Å². The van der Waals surface area contributed by atoms with E-state index in [0.29, 0.717) is 18.7 Å². The topological polar surface area (TPSA) is 47.6 Å². The Bertz CT molecular complexity index is 593. The molecule has 0 aliphatic carbocycles. The number of anilines is 1. The van der Waals surface area contributed by atoms with E-state index in [1.165, 1.54) is 12.7 Å². The number of hydrogen-bond acceptors (Lipinski definition) is 4. The maximum atomic E-state index is 11.5. The zero-order chi connectivity index (χ0) is 15.1. The normalized spacial score (nSPS) is 10.2. The molecule has 21 heavy (non-hydrogen) atoms. The van der Waals surface area contributed by atoms with E-state index in [4.69, 9.17) is 9.47 Å². The zero-order valence-electron chi connectivity index (χ0n) is 12.3. The van der Waals surface area contributed by atoms with Crippen LogP contribution in [0.15, 0.2) is 48.5 Å². The summed E-state index contributed by atoms with van der Waals surface area (Å²) < 4.78 is 9.80. The molecule has 4 nitrogen and oxygen atoms in total. The van der Waals surface area contributed by atoms with Crippen LogP contribution in [-0.4, -0.2) is 20.2 Å². The van der Waals surface area contributed by atoms with E-state index in [2.05, 4.69) is 17.4 Å². The van der Waals surface area contributed by atoms with E-state index in [0.717, 1.165) is 11.3 Å². The molecule has 2 rings (SSSR count). The van der Waals surface area contributed by atoms with Crippen molar-refractivity contribution < 1.29 is 14.3 Å². The van der Waals surface area contributed by atoms with Gasteiger partial charge in [0.05, 0.1) is 19.3 Å². The van der Waals surface area contributed by atoms with Gasteiger partial charge in [0.1, 0.15) is 0 Å². The summed E-state index contributed by atoms with van der Waals surface area (Å²) in [5.74, 6) is -0.331. The van der Waals surface area contributed by atoms with Crippen LogP contribution in [0.5, 0.6) is 0 Å². The summed E-state index contributed by atoms with van der Waals surface area (Å²) in [6, 6.07) is 15.5. The Labute approximate surface area is 124 Å². The number of ether oxygens (including phenoxy) is 2. The van der Waals surface area contributed by atoms with Crippen LogP contribution in [0.1, 0.15) is 21.5 Å². The number of carbonyl (C=O) groups is 1. The minimum absolute atomic E-state index is 0.331. The van der Waals surface area contributed by atoms with Gasteiger partial charge in [-0.2, -0.15) is 0 Å². The van der Waals surface area contributed by atoms with Crippen LogP contribution in [0.4, 0.5) is 5.69 Å². The molecular weight excluding hydrogens is 266 g/mol. The van der Waals surface area contributed by atoms with Gasteiger partial charge in [0.25, 0.3) is 0 Å². The molecule has 0 unspecified atom stereocenters. The van der Waals surface area contributed by atoms with Gasteiger partial charge in [0.2, 0.25) is 0 Å². The van der Waals surface area contributed by atoms with Crippen molar-refractivity contribution in [3.63, 3.8) is 0 Å². The van der Waals surface area contributed by atoms with E-state index in [9.17, 15) is 4.79 Å². The van der Waals surface area contributed by atoms with E-state index in [1.807, 2.05) is 24.3 Å². The number of nitrogens with one attached hydrogen (secondary N) is 1. The molecule has 2 aromatic rings. The first kappa shape index (κ1) is 15.1. The zero-order valence-corrected chi connectivity index (χ0v) is 12.3. The van der Waals surface area contributed by atoms with Crippen LogP contribution in [-0.2, 0) is 22.6 Å². The van der Waals surface area contributed by atoms with Crippen molar-refractivity contribution >= 4 is 11.7 Å². The maximum absolute atomic E-state index is 11.5. The molecule has 0 amide bonds. The second kappa shape index (κ2) is 7.45. The molecule has 0 saturated heterocycles. The fraction of sp³-hybridized carbons (Fsp3) is 0.235. The third kappa shape index (κ3) is 4.33. The van der Waals surface area contributed by atoms with Gasteiger partial charge in [-0.15, -0.1) is 0 Å². The average molecular weight is 285 g/mol. The average Bonchev–Trinajstić information content (AvgIpc) is 2.54. The number of rotatable bonds is 6. The number of benzene rings is 2. The molecular formula is C17H19NO3. The molecule has 0 bridgehead atoms. The Morgan fingerprint density at radius 3 is 2.43 bits per heavy atom. The summed E-state index contributed by atoms with van der Waals surface area (Å²) in [7, 11) is 3.06. The van der Waals surface area contributed by atoms with Gasteiger partial charge in [-0.3, -0.25) is 0 Å². The molecule has 0 spiro atoms. The summed E-state index contributed by atoms with van der Waals surface area (Å²) in [4.78, 5) is 11.5. The molecule has 0 aliphatic heterocycles. The molecule has 0 aromatic heterocycles.